The number of ketones is 2. The van der Waals surface area contributed by atoms with Crippen LogP contribution in [-0.4, -0.2) is 175 Å². The molecule has 5 heterocycles. The average Bonchev–Trinajstić information content (AvgIpc) is 0.819. The molecule has 7 atom stereocenters. The number of aryl methyl sites for hydroxylation is 3. The summed E-state index contributed by atoms with van der Waals surface area (Å²) < 4.78 is 14.7. The second-order valence-corrected chi connectivity index (χ2v) is 30.9. The van der Waals surface area contributed by atoms with Crippen molar-refractivity contribution in [1.82, 2.24) is 20.0 Å². The van der Waals surface area contributed by atoms with Gasteiger partial charge in [0.2, 0.25) is 0 Å². The van der Waals surface area contributed by atoms with Crippen LogP contribution < -0.4 is 56.8 Å². The van der Waals surface area contributed by atoms with Gasteiger partial charge in [0.25, 0.3) is 0 Å². The first kappa shape index (κ1) is 89.6. The van der Waals surface area contributed by atoms with Crippen LogP contribution in [0.15, 0.2) is 219 Å². The molecule has 5 aliphatic heterocycles. The van der Waals surface area contributed by atoms with E-state index < -0.39 is 0 Å². The van der Waals surface area contributed by atoms with E-state index in [-0.39, 0.29) is 88.4 Å². The molecular weight excluding hydrogens is 1390 g/mol. The summed E-state index contributed by atoms with van der Waals surface area (Å²) >= 11 is 9.31. The Morgan fingerprint density at radius 3 is 1.34 bits per heavy atom. The van der Waals surface area contributed by atoms with Crippen molar-refractivity contribution in [1.29, 1.82) is 0 Å². The van der Waals surface area contributed by atoms with Crippen LogP contribution in [0, 0.1) is 44.4 Å². The van der Waals surface area contributed by atoms with Gasteiger partial charge < -0.3 is 53.5 Å². The number of nitrogens with zero attached hydrogens (tertiary/aromatic N) is 4. The molecule has 20 heteroatoms. The van der Waals surface area contributed by atoms with Gasteiger partial charge in [-0.15, -0.1) is 71.2 Å². The normalized spacial score (nSPS) is 18.6. The first-order valence-electron chi connectivity index (χ1n) is 32.8. The van der Waals surface area contributed by atoms with Crippen LogP contribution in [0.2, 0.25) is 0 Å². The molecule has 0 spiro atoms. The van der Waals surface area contributed by atoms with Crippen molar-refractivity contribution in [2.24, 2.45) is 23.7 Å². The molecule has 531 valence electrons. The fraction of sp³-hybridized carbons (Fsp3) is 0.362. The Labute approximate surface area is 657 Å². The molecule has 8 aromatic carbocycles. The number of benzene rings is 8. The molecule has 5 aliphatic rings. The van der Waals surface area contributed by atoms with Gasteiger partial charge in [0.05, 0.1) is 6.10 Å². The minimum absolute atomic E-state index is 0. The molecule has 0 aliphatic carbocycles. The number of phenolic OH excluding ortho intramolecular Hbond substituents is 1. The zero-order valence-corrected chi connectivity index (χ0v) is 68.2. The van der Waals surface area contributed by atoms with E-state index in [4.69, 9.17) is 14.6 Å². The van der Waals surface area contributed by atoms with E-state index >= 15 is 0 Å². The summed E-state index contributed by atoms with van der Waals surface area (Å²) in [5.41, 5.74) is 8.86. The predicted molar refractivity (Wildman–Crippen MR) is 423 cm³/mol. The Hall–Kier alpha value is -4.64. The van der Waals surface area contributed by atoms with Gasteiger partial charge in [0.1, 0.15) is 50.3 Å². The fourth-order valence-corrected chi connectivity index (χ4v) is 17.2. The molecule has 0 bridgehead atoms. The number of carbonyl (C=O) groups excluding carboxylic acids is 2. The monoisotopic (exact) mass is 1490 g/mol. The summed E-state index contributed by atoms with van der Waals surface area (Å²) in [7, 11) is 18.2. The molecule has 0 saturated carbocycles. The van der Waals surface area contributed by atoms with Crippen molar-refractivity contribution >= 4 is 97.9 Å². The summed E-state index contributed by atoms with van der Waals surface area (Å²) in [6, 6.07) is 65.0. The Morgan fingerprint density at radius 1 is 0.510 bits per heavy atom. The topological polar surface area (TPSA) is 118 Å². The number of nitrogens with one attached hydrogen (secondary N) is 1. The quantitative estimate of drug-likeness (QED) is 0.0612. The molecule has 3 radical (unpaired) electrons. The van der Waals surface area contributed by atoms with Crippen molar-refractivity contribution in [3.05, 3.63) is 239 Å². The Balaban J connectivity index is 0.000000413. The third-order valence-electron chi connectivity index (χ3n) is 16.1. The maximum Gasteiger partial charge on any atom is 1.00 e. The molecule has 0 aromatic heterocycles. The molecule has 0 fully saturated rings. The number of Topliss-reactive ketones (excluding diaryl/α,β-unsaturated/α-hetero) is 2. The fourth-order valence-electron chi connectivity index (χ4n) is 11.4. The summed E-state index contributed by atoms with van der Waals surface area (Å²) in [5, 5.41) is 22.5. The molecule has 0 amide bonds. The number of ether oxygens (including phenoxy) is 2. The summed E-state index contributed by atoms with van der Waals surface area (Å²) in [6.07, 6.45) is 0.642. The summed E-state index contributed by atoms with van der Waals surface area (Å²) in [6.45, 7) is 13.4. The molecule has 100 heavy (non-hydrogen) atoms. The first-order valence-corrected chi connectivity index (χ1v) is 37.8. The summed E-state index contributed by atoms with van der Waals surface area (Å²) in [5.74, 6) is 9.48. The second kappa shape index (κ2) is 46.9. The van der Waals surface area contributed by atoms with Gasteiger partial charge in [0, 0.05) is 140 Å². The first-order chi connectivity index (χ1) is 46.2. The van der Waals surface area contributed by atoms with Gasteiger partial charge in [-0.2, -0.15) is 0 Å². The number of aromatic hydroxyl groups is 1. The number of phenols is 1. The van der Waals surface area contributed by atoms with Crippen LogP contribution in [0.1, 0.15) is 80.3 Å². The maximum atomic E-state index is 12.1. The van der Waals surface area contributed by atoms with Crippen molar-refractivity contribution in [2.45, 2.75) is 70.0 Å². The van der Waals surface area contributed by atoms with Crippen molar-refractivity contribution < 1.29 is 77.2 Å². The number of hydrogen-bond donors (Lipinski definition) is 3. The van der Waals surface area contributed by atoms with E-state index in [1.165, 1.54) is 36.9 Å². The number of carbonyl (C=O) groups is 2. The van der Waals surface area contributed by atoms with Crippen molar-refractivity contribution in [3.8, 4) is 17.2 Å². The maximum absolute atomic E-state index is 12.1. The predicted octanol–water partition coefficient (Wildman–Crippen LogP) is 10.8. The number of hydrogen-bond acceptors (Lipinski definition) is 15. The van der Waals surface area contributed by atoms with Gasteiger partial charge in [-0.3, -0.25) is 9.59 Å². The van der Waals surface area contributed by atoms with Gasteiger partial charge in [-0.1, -0.05) is 146 Å². The Kier molecular flexibility index (Phi) is 42.1. The van der Waals surface area contributed by atoms with E-state index in [0.29, 0.717) is 41.5 Å². The van der Waals surface area contributed by atoms with E-state index in [2.05, 4.69) is 160 Å². The number of rotatable bonds is 12. The average molecular weight is 1490 g/mol. The number of fused-ring (bicyclic) bond motifs is 5. The zero-order valence-electron chi connectivity index (χ0n) is 61.5. The third-order valence-corrected chi connectivity index (χ3v) is 22.3. The molecule has 13 rings (SSSR count). The van der Waals surface area contributed by atoms with E-state index in [1.54, 1.807) is 34.2 Å². The zero-order chi connectivity index (χ0) is 69.1. The largest absolute Gasteiger partial charge is 1.00 e. The van der Waals surface area contributed by atoms with E-state index in [1.807, 2.05) is 175 Å². The minimum atomic E-state index is -0.301. The molecule has 0 saturated heterocycles. The minimum Gasteiger partial charge on any atom is -1.00 e. The SMILES string of the molecule is C=[N+](C)C.CN(C)CC1CSc2ccccc2C1=O.CN(C)C[C@H]1CSc2ccccc2[C@@H]1O.CNC[C@H]1CSc2ccccc2[C@@H]1Oc1ccccc1C.Cc1ccccc1O.Cc1ccccc1O[C@H]1c2ccccc2SC[C@@H]1CN(C)C.Cl.O=C1CCSc2ccccc21.[B].[Cl-].[H-].[Na+]. The van der Waals surface area contributed by atoms with Crippen LogP contribution in [0.5, 0.6) is 17.2 Å². The van der Waals surface area contributed by atoms with Crippen LogP contribution in [0.25, 0.3) is 0 Å². The van der Waals surface area contributed by atoms with E-state index in [9.17, 15) is 14.7 Å². The molecule has 11 nitrogen and oxygen atoms in total. The molecular formula is C80H102BCl2N5NaO6S5. The number of para-hydroxylation sites is 3. The van der Waals surface area contributed by atoms with Crippen molar-refractivity contribution in [3.63, 3.8) is 0 Å². The van der Waals surface area contributed by atoms with Crippen molar-refractivity contribution in [2.75, 3.05) is 118 Å². The van der Waals surface area contributed by atoms with Gasteiger partial charge in [-0.05, 0) is 141 Å². The van der Waals surface area contributed by atoms with Gasteiger partial charge in [0.15, 0.2) is 11.6 Å². The van der Waals surface area contributed by atoms with Crippen LogP contribution in [0.3, 0.4) is 0 Å². The van der Waals surface area contributed by atoms with E-state index in [0.717, 1.165) is 98.5 Å². The third kappa shape index (κ3) is 28.1. The van der Waals surface area contributed by atoms with Crippen LogP contribution in [-0.2, 0) is 0 Å². The second-order valence-electron chi connectivity index (χ2n) is 25.5. The smallest absolute Gasteiger partial charge is 1.00 e. The summed E-state index contributed by atoms with van der Waals surface area (Å²) in [4.78, 5) is 36.1. The number of halogens is 2. The number of thioether (sulfide) groups is 5. The Bertz CT molecular complexity index is 3750. The standard InChI is InChI=1S/C19H23NOS.C18H21NOS.C12H17NOS.C12H15NOS.C9H8OS.C7H8O.C3H8N.B.2ClH.Na.H/c1-14-8-4-6-10-17(14)21-19-15(12-20(2)3)13-22-18-11-7-5-9-16(18)19;1-13-7-3-5-9-16(13)20-18-14(11-19-2)12-21-17-10-6-4-8-15(17)18;2*1-13(2)7-9-8-15-11-6-4-3-5-10(11)12(9)14;10-8-5-6-11-9-4-2-1-3-7(8)9;1-6-4-2-3-5-7(6)8;1-4(2)3;;;;;/h4-11,15,19H,12-13H2,1-3H3;3-10,14,18-19H,11-12H2,1-2H3;3-6,9,12,14H,7-8H2,1-2H3;3-6,9H,7-8H2,1-2H3;1-4H,5-6H2;2-5,8H,1H3;1H2,2-3H3;;2*1H;;/q;;;;;;+1;;;;+1;-1/p-1/t15-,19+;14-,18+;9-,12+;;;;;;;;;/m000........./s1. The molecule has 8 aromatic rings. The van der Waals surface area contributed by atoms with Gasteiger partial charge in [-0.25, -0.2) is 4.58 Å². The molecule has 3 N–H and O–H groups in total. The van der Waals surface area contributed by atoms with Crippen LogP contribution >= 0.6 is 71.2 Å². The molecule has 1 unspecified atom stereocenters. The Morgan fingerprint density at radius 2 is 0.880 bits per heavy atom. The number of aliphatic hydroxyl groups excluding tert-OH is 1. The van der Waals surface area contributed by atoms with Crippen LogP contribution in [0.4, 0.5) is 0 Å². The number of aliphatic hydroxyl groups is 1. The van der Waals surface area contributed by atoms with Gasteiger partial charge >= 0.3 is 29.6 Å².